The molecule has 30 heavy (non-hydrogen) atoms. The zero-order valence-corrected chi connectivity index (χ0v) is 17.9. The summed E-state index contributed by atoms with van der Waals surface area (Å²) in [4.78, 5) is 28.9. The topological polar surface area (TPSA) is 97.8 Å². The lowest BCUT2D eigenvalue weighted by molar-refractivity contribution is -0.151. The number of rotatable bonds is 10. The molecule has 0 fully saturated rings. The van der Waals surface area contributed by atoms with E-state index in [0.717, 1.165) is 24.8 Å². The van der Waals surface area contributed by atoms with Crippen LogP contribution >= 0.6 is 0 Å². The van der Waals surface area contributed by atoms with Crippen LogP contribution in [-0.2, 0) is 9.53 Å². The molecule has 7 nitrogen and oxygen atoms in total. The number of nitrogens with one attached hydrogen (secondary N) is 1. The highest BCUT2D eigenvalue weighted by atomic mass is 16.5. The fourth-order valence-corrected chi connectivity index (χ4v) is 3.26. The van der Waals surface area contributed by atoms with Crippen LogP contribution in [0.5, 0.6) is 11.5 Å². The summed E-state index contributed by atoms with van der Waals surface area (Å²) in [5, 5.41) is 12.6. The molecule has 1 aromatic carbocycles. The van der Waals surface area contributed by atoms with E-state index in [0.29, 0.717) is 0 Å². The molecule has 0 saturated carbocycles. The molecule has 1 aromatic heterocycles. The number of aromatic hydroxyl groups is 1. The average Bonchev–Trinajstić information content (AvgIpc) is 2.74. The Balaban J connectivity index is 2.03. The molecule has 0 aliphatic carbocycles. The fraction of sp³-hybridized carbons (Fsp3) is 0.435. The van der Waals surface area contributed by atoms with Gasteiger partial charge in [0.1, 0.15) is 12.1 Å². The van der Waals surface area contributed by atoms with Crippen molar-refractivity contribution >= 4 is 11.9 Å². The third-order valence-corrected chi connectivity index (χ3v) is 4.99. The predicted octanol–water partition coefficient (Wildman–Crippen LogP) is 3.82. The summed E-state index contributed by atoms with van der Waals surface area (Å²) in [6, 6.07) is 10.5. The van der Waals surface area contributed by atoms with Gasteiger partial charge in [0, 0.05) is 18.2 Å². The first-order valence-electron chi connectivity index (χ1n) is 10.2. The maximum atomic E-state index is 12.6. The second-order valence-corrected chi connectivity index (χ2v) is 7.21. The lowest BCUT2D eigenvalue weighted by Crippen LogP contribution is -2.41. The standard InChI is InChI=1S/C23H30N2O5/c1-5-6-12-18(17-10-8-7-9-11-17)16(3)30-23(28)15(2)25-22(27)20-21(26)19(29-4)13-14-24-20/h7-11,13-16,18,26H,5-6,12H2,1-4H3,(H,25,27)/t15?,16?,18-/m1/s1. The van der Waals surface area contributed by atoms with E-state index in [9.17, 15) is 14.7 Å². The molecule has 2 rings (SSSR count). The number of amides is 1. The molecule has 162 valence electrons. The van der Waals surface area contributed by atoms with Crippen LogP contribution in [0.2, 0.25) is 0 Å². The number of pyridine rings is 1. The Morgan fingerprint density at radius 1 is 1.17 bits per heavy atom. The van der Waals surface area contributed by atoms with E-state index < -0.39 is 17.9 Å². The van der Waals surface area contributed by atoms with Gasteiger partial charge in [-0.2, -0.15) is 0 Å². The number of aromatic nitrogens is 1. The van der Waals surface area contributed by atoms with Crippen LogP contribution in [0, 0.1) is 0 Å². The number of benzene rings is 1. The number of carbonyl (C=O) groups is 2. The first-order valence-corrected chi connectivity index (χ1v) is 10.2. The highest BCUT2D eigenvalue weighted by Gasteiger charge is 2.27. The van der Waals surface area contributed by atoms with Crippen LogP contribution in [0.25, 0.3) is 0 Å². The Bertz CT molecular complexity index is 841. The largest absolute Gasteiger partial charge is 0.503 e. The molecule has 1 heterocycles. The van der Waals surface area contributed by atoms with Gasteiger partial charge in [0.2, 0.25) is 0 Å². The summed E-state index contributed by atoms with van der Waals surface area (Å²) >= 11 is 0. The summed E-state index contributed by atoms with van der Waals surface area (Å²) < 4.78 is 10.7. The molecule has 0 saturated heterocycles. The van der Waals surface area contributed by atoms with E-state index in [1.165, 1.54) is 26.3 Å². The number of nitrogens with zero attached hydrogens (tertiary/aromatic N) is 1. The predicted molar refractivity (Wildman–Crippen MR) is 114 cm³/mol. The van der Waals surface area contributed by atoms with Gasteiger partial charge in [-0.25, -0.2) is 9.78 Å². The minimum absolute atomic E-state index is 0.0714. The van der Waals surface area contributed by atoms with Crippen LogP contribution in [-0.4, -0.2) is 41.2 Å². The van der Waals surface area contributed by atoms with Gasteiger partial charge in [-0.1, -0.05) is 50.1 Å². The van der Waals surface area contributed by atoms with Crippen molar-refractivity contribution in [1.29, 1.82) is 0 Å². The summed E-state index contributed by atoms with van der Waals surface area (Å²) in [7, 11) is 1.37. The van der Waals surface area contributed by atoms with E-state index in [1.54, 1.807) is 0 Å². The monoisotopic (exact) mass is 414 g/mol. The van der Waals surface area contributed by atoms with E-state index >= 15 is 0 Å². The minimum atomic E-state index is -0.907. The lowest BCUT2D eigenvalue weighted by Gasteiger charge is -2.26. The maximum absolute atomic E-state index is 12.6. The van der Waals surface area contributed by atoms with Gasteiger partial charge >= 0.3 is 5.97 Å². The molecule has 1 amide bonds. The summed E-state index contributed by atoms with van der Waals surface area (Å²) in [6.07, 6.45) is 3.96. The Morgan fingerprint density at radius 2 is 1.87 bits per heavy atom. The van der Waals surface area contributed by atoms with Gasteiger partial charge in [0.05, 0.1) is 7.11 Å². The molecule has 2 aromatic rings. The normalized spacial score (nSPS) is 13.7. The molecule has 0 radical (unpaired) electrons. The molecular formula is C23H30N2O5. The number of esters is 1. The molecule has 2 unspecified atom stereocenters. The first kappa shape index (κ1) is 23.2. The number of hydrogen-bond acceptors (Lipinski definition) is 6. The number of ether oxygens (including phenoxy) is 2. The van der Waals surface area contributed by atoms with E-state index in [4.69, 9.17) is 9.47 Å². The first-order chi connectivity index (χ1) is 14.4. The number of hydrogen-bond donors (Lipinski definition) is 2. The highest BCUT2D eigenvalue weighted by Crippen LogP contribution is 2.29. The average molecular weight is 415 g/mol. The Labute approximate surface area is 177 Å². The van der Waals surface area contributed by atoms with Gasteiger partial charge in [-0.3, -0.25) is 4.79 Å². The van der Waals surface area contributed by atoms with E-state index in [1.807, 2.05) is 37.3 Å². The molecule has 2 N–H and O–H groups in total. The molecule has 0 aliphatic rings. The maximum Gasteiger partial charge on any atom is 0.328 e. The SMILES string of the molecule is CCCC[C@@H](c1ccccc1)C(C)OC(=O)C(C)NC(=O)c1nccc(OC)c1O. The summed E-state index contributed by atoms with van der Waals surface area (Å²) in [6.45, 7) is 5.53. The third-order valence-electron chi connectivity index (χ3n) is 4.99. The molecule has 7 heteroatoms. The summed E-state index contributed by atoms with van der Waals surface area (Å²) in [5.74, 6) is -1.41. The van der Waals surface area contributed by atoms with Crippen molar-refractivity contribution in [2.75, 3.05) is 7.11 Å². The number of methoxy groups -OCH3 is 1. The van der Waals surface area contributed by atoms with Crippen molar-refractivity contribution in [3.8, 4) is 11.5 Å². The van der Waals surface area contributed by atoms with Crippen LogP contribution in [0.3, 0.4) is 0 Å². The zero-order chi connectivity index (χ0) is 22.1. The van der Waals surface area contributed by atoms with Crippen LogP contribution < -0.4 is 10.1 Å². The van der Waals surface area contributed by atoms with Crippen molar-refractivity contribution in [3.05, 3.63) is 53.9 Å². The van der Waals surface area contributed by atoms with Gasteiger partial charge < -0.3 is 19.9 Å². The Hall–Kier alpha value is -3.09. The van der Waals surface area contributed by atoms with E-state index in [-0.39, 0.29) is 29.2 Å². The zero-order valence-electron chi connectivity index (χ0n) is 17.9. The minimum Gasteiger partial charge on any atom is -0.503 e. The summed E-state index contributed by atoms with van der Waals surface area (Å²) in [5.41, 5.74) is 0.903. The van der Waals surface area contributed by atoms with Crippen molar-refractivity contribution in [3.63, 3.8) is 0 Å². The van der Waals surface area contributed by atoms with Crippen molar-refractivity contribution in [2.24, 2.45) is 0 Å². The Morgan fingerprint density at radius 3 is 2.50 bits per heavy atom. The molecule has 0 bridgehead atoms. The molecule has 3 atom stereocenters. The van der Waals surface area contributed by atoms with Crippen LogP contribution in [0.1, 0.15) is 62.0 Å². The van der Waals surface area contributed by atoms with Gasteiger partial charge in [0.15, 0.2) is 17.2 Å². The number of unbranched alkanes of at least 4 members (excludes halogenated alkanes) is 1. The van der Waals surface area contributed by atoms with Crippen LogP contribution in [0.15, 0.2) is 42.6 Å². The highest BCUT2D eigenvalue weighted by molar-refractivity contribution is 5.97. The smallest absolute Gasteiger partial charge is 0.328 e. The van der Waals surface area contributed by atoms with Gasteiger partial charge in [-0.05, 0) is 25.8 Å². The lowest BCUT2D eigenvalue weighted by atomic mass is 9.89. The van der Waals surface area contributed by atoms with Gasteiger partial charge in [0.25, 0.3) is 5.91 Å². The second-order valence-electron chi connectivity index (χ2n) is 7.21. The fourth-order valence-electron chi connectivity index (χ4n) is 3.26. The van der Waals surface area contributed by atoms with E-state index in [2.05, 4.69) is 17.2 Å². The molecular weight excluding hydrogens is 384 g/mol. The van der Waals surface area contributed by atoms with Gasteiger partial charge in [-0.15, -0.1) is 0 Å². The van der Waals surface area contributed by atoms with Crippen LogP contribution in [0.4, 0.5) is 0 Å². The molecule has 0 aliphatic heterocycles. The number of carbonyl (C=O) groups excluding carboxylic acids is 2. The third kappa shape index (κ3) is 5.95. The van der Waals surface area contributed by atoms with Crippen molar-refractivity contribution < 1.29 is 24.2 Å². The van der Waals surface area contributed by atoms with Crippen molar-refractivity contribution in [1.82, 2.24) is 10.3 Å². The second kappa shape index (κ2) is 11.2. The molecule has 0 spiro atoms. The van der Waals surface area contributed by atoms with Crippen molar-refractivity contribution in [2.45, 2.75) is 58.1 Å². The quantitative estimate of drug-likeness (QED) is 0.574. The Kier molecular flexibility index (Phi) is 8.65.